The number of para-hydroxylation sites is 1. The van der Waals surface area contributed by atoms with Gasteiger partial charge < -0.3 is 14.4 Å². The average molecular weight is 306 g/mol. The van der Waals surface area contributed by atoms with Gasteiger partial charge in [0.1, 0.15) is 12.4 Å². The van der Waals surface area contributed by atoms with Gasteiger partial charge in [-0.25, -0.2) is 0 Å². The quantitative estimate of drug-likeness (QED) is 0.689. The molecule has 1 saturated heterocycles. The SMILES string of the molecule is CC(C)c1ccccc1OCCOCCN1CCN(C)CC1. The van der Waals surface area contributed by atoms with E-state index in [2.05, 4.69) is 42.8 Å². The van der Waals surface area contributed by atoms with Crippen molar-refractivity contribution in [2.45, 2.75) is 19.8 Å². The maximum absolute atomic E-state index is 5.86. The summed E-state index contributed by atoms with van der Waals surface area (Å²) >= 11 is 0. The van der Waals surface area contributed by atoms with Crippen LogP contribution in [0.25, 0.3) is 0 Å². The van der Waals surface area contributed by atoms with Crippen LogP contribution in [0, 0.1) is 0 Å². The van der Waals surface area contributed by atoms with Gasteiger partial charge in [0.25, 0.3) is 0 Å². The van der Waals surface area contributed by atoms with Crippen LogP contribution in [0.5, 0.6) is 5.75 Å². The van der Waals surface area contributed by atoms with E-state index >= 15 is 0 Å². The molecule has 4 nitrogen and oxygen atoms in total. The van der Waals surface area contributed by atoms with Crippen LogP contribution >= 0.6 is 0 Å². The summed E-state index contributed by atoms with van der Waals surface area (Å²) in [6.07, 6.45) is 0. The molecule has 22 heavy (non-hydrogen) atoms. The Kier molecular flexibility index (Phi) is 7.16. The van der Waals surface area contributed by atoms with Crippen LogP contribution in [0.4, 0.5) is 0 Å². The third-order valence-electron chi connectivity index (χ3n) is 4.17. The highest BCUT2D eigenvalue weighted by Crippen LogP contribution is 2.25. The van der Waals surface area contributed by atoms with Crippen LogP contribution in [-0.2, 0) is 4.74 Å². The summed E-state index contributed by atoms with van der Waals surface area (Å²) in [5.74, 6) is 1.47. The molecule has 0 radical (unpaired) electrons. The third-order valence-corrected chi connectivity index (χ3v) is 4.17. The van der Waals surface area contributed by atoms with Crippen molar-refractivity contribution in [3.8, 4) is 5.75 Å². The number of rotatable bonds is 8. The van der Waals surface area contributed by atoms with E-state index in [4.69, 9.17) is 9.47 Å². The maximum atomic E-state index is 5.86. The Hall–Kier alpha value is -1.10. The van der Waals surface area contributed by atoms with Crippen molar-refractivity contribution in [3.63, 3.8) is 0 Å². The smallest absolute Gasteiger partial charge is 0.122 e. The summed E-state index contributed by atoms with van der Waals surface area (Å²) in [5, 5.41) is 0. The molecule has 0 aromatic heterocycles. The molecule has 0 amide bonds. The molecular formula is C18H30N2O2. The molecule has 1 aliphatic rings. The number of piperazine rings is 1. The lowest BCUT2D eigenvalue weighted by Gasteiger charge is -2.32. The van der Waals surface area contributed by atoms with Gasteiger partial charge in [0.15, 0.2) is 0 Å². The summed E-state index contributed by atoms with van der Waals surface area (Å²) in [6, 6.07) is 8.26. The van der Waals surface area contributed by atoms with Gasteiger partial charge in [-0.15, -0.1) is 0 Å². The summed E-state index contributed by atoms with van der Waals surface area (Å²) in [7, 11) is 2.18. The van der Waals surface area contributed by atoms with Crippen LogP contribution in [0.2, 0.25) is 0 Å². The first-order valence-corrected chi connectivity index (χ1v) is 8.37. The average Bonchev–Trinajstić information content (AvgIpc) is 2.52. The highest BCUT2D eigenvalue weighted by molar-refractivity contribution is 5.35. The Bertz CT molecular complexity index is 429. The number of hydrogen-bond donors (Lipinski definition) is 0. The number of benzene rings is 1. The van der Waals surface area contributed by atoms with E-state index in [9.17, 15) is 0 Å². The minimum atomic E-state index is 0.481. The van der Waals surface area contributed by atoms with Crippen LogP contribution in [0.15, 0.2) is 24.3 Å². The second-order valence-electron chi connectivity index (χ2n) is 6.30. The van der Waals surface area contributed by atoms with E-state index in [1.807, 2.05) is 12.1 Å². The standard InChI is InChI=1S/C18H30N2O2/c1-16(2)17-6-4-5-7-18(17)22-15-14-21-13-12-20-10-8-19(3)9-11-20/h4-7,16H,8-15H2,1-3H3. The van der Waals surface area contributed by atoms with E-state index in [1.165, 1.54) is 5.56 Å². The Morgan fingerprint density at radius 1 is 1.00 bits per heavy atom. The molecule has 1 aromatic carbocycles. The molecule has 1 heterocycles. The molecule has 1 aliphatic heterocycles. The first kappa shape index (κ1) is 17.3. The molecule has 0 unspecified atom stereocenters. The van der Waals surface area contributed by atoms with Crippen LogP contribution < -0.4 is 4.74 Å². The maximum Gasteiger partial charge on any atom is 0.122 e. The van der Waals surface area contributed by atoms with E-state index in [1.54, 1.807) is 0 Å². The Labute approximate surface area is 135 Å². The molecule has 0 N–H and O–H groups in total. The molecule has 124 valence electrons. The van der Waals surface area contributed by atoms with Crippen molar-refractivity contribution < 1.29 is 9.47 Å². The molecule has 2 rings (SSSR count). The molecule has 0 bridgehead atoms. The van der Waals surface area contributed by atoms with Gasteiger partial charge in [0, 0.05) is 32.7 Å². The van der Waals surface area contributed by atoms with E-state index in [-0.39, 0.29) is 0 Å². The summed E-state index contributed by atoms with van der Waals surface area (Å²) < 4.78 is 11.6. The lowest BCUT2D eigenvalue weighted by Crippen LogP contribution is -2.45. The fraction of sp³-hybridized carbons (Fsp3) is 0.667. The van der Waals surface area contributed by atoms with Crippen LogP contribution in [-0.4, -0.2) is 69.4 Å². The third kappa shape index (κ3) is 5.59. The monoisotopic (exact) mass is 306 g/mol. The summed E-state index contributed by atoms with van der Waals surface area (Å²) in [5.41, 5.74) is 1.26. The predicted octanol–water partition coefficient (Wildman–Crippen LogP) is 2.45. The van der Waals surface area contributed by atoms with Crippen molar-refractivity contribution in [2.24, 2.45) is 0 Å². The van der Waals surface area contributed by atoms with Crippen LogP contribution in [0.3, 0.4) is 0 Å². The number of ether oxygens (including phenoxy) is 2. The highest BCUT2D eigenvalue weighted by Gasteiger charge is 2.12. The zero-order valence-corrected chi connectivity index (χ0v) is 14.3. The van der Waals surface area contributed by atoms with E-state index in [0.717, 1.165) is 45.1 Å². The topological polar surface area (TPSA) is 24.9 Å². The summed E-state index contributed by atoms with van der Waals surface area (Å²) in [6.45, 7) is 12.1. The fourth-order valence-corrected chi connectivity index (χ4v) is 2.67. The second-order valence-corrected chi connectivity index (χ2v) is 6.30. The number of hydrogen-bond acceptors (Lipinski definition) is 4. The molecule has 0 saturated carbocycles. The van der Waals surface area contributed by atoms with Gasteiger partial charge in [-0.2, -0.15) is 0 Å². The second kappa shape index (κ2) is 9.13. The van der Waals surface area contributed by atoms with Gasteiger partial charge in [-0.1, -0.05) is 32.0 Å². The molecule has 0 aliphatic carbocycles. The molecule has 1 fully saturated rings. The molecule has 1 aromatic rings. The number of likely N-dealkylation sites (N-methyl/N-ethyl adjacent to an activating group) is 1. The minimum Gasteiger partial charge on any atom is -0.491 e. The zero-order chi connectivity index (χ0) is 15.8. The lowest BCUT2D eigenvalue weighted by atomic mass is 10.0. The Morgan fingerprint density at radius 2 is 1.73 bits per heavy atom. The van der Waals surface area contributed by atoms with Gasteiger partial charge in [0.05, 0.1) is 13.2 Å². The molecule has 0 atom stereocenters. The van der Waals surface area contributed by atoms with E-state index in [0.29, 0.717) is 19.1 Å². The minimum absolute atomic E-state index is 0.481. The predicted molar refractivity (Wildman–Crippen MR) is 90.8 cm³/mol. The van der Waals surface area contributed by atoms with Gasteiger partial charge in [-0.05, 0) is 24.6 Å². The van der Waals surface area contributed by atoms with Crippen molar-refractivity contribution in [3.05, 3.63) is 29.8 Å². The molecular weight excluding hydrogens is 276 g/mol. The van der Waals surface area contributed by atoms with Crippen molar-refractivity contribution in [1.82, 2.24) is 9.80 Å². The highest BCUT2D eigenvalue weighted by atomic mass is 16.5. The van der Waals surface area contributed by atoms with Gasteiger partial charge in [0.2, 0.25) is 0 Å². The van der Waals surface area contributed by atoms with E-state index < -0.39 is 0 Å². The zero-order valence-electron chi connectivity index (χ0n) is 14.3. The van der Waals surface area contributed by atoms with Crippen molar-refractivity contribution in [1.29, 1.82) is 0 Å². The normalized spacial score (nSPS) is 17.1. The van der Waals surface area contributed by atoms with Gasteiger partial charge >= 0.3 is 0 Å². The number of nitrogens with zero attached hydrogens (tertiary/aromatic N) is 2. The Balaban J connectivity index is 1.58. The largest absolute Gasteiger partial charge is 0.491 e. The summed E-state index contributed by atoms with van der Waals surface area (Å²) in [4.78, 5) is 4.84. The fourth-order valence-electron chi connectivity index (χ4n) is 2.67. The molecule has 4 heteroatoms. The first-order chi connectivity index (χ1) is 10.7. The lowest BCUT2D eigenvalue weighted by molar-refractivity contribution is 0.0656. The van der Waals surface area contributed by atoms with Crippen LogP contribution in [0.1, 0.15) is 25.3 Å². The van der Waals surface area contributed by atoms with Crippen molar-refractivity contribution in [2.75, 3.05) is 59.6 Å². The molecule has 0 spiro atoms. The van der Waals surface area contributed by atoms with Gasteiger partial charge in [-0.3, -0.25) is 4.90 Å². The Morgan fingerprint density at radius 3 is 2.45 bits per heavy atom. The van der Waals surface area contributed by atoms with Crippen molar-refractivity contribution >= 4 is 0 Å². The first-order valence-electron chi connectivity index (χ1n) is 8.37.